The van der Waals surface area contributed by atoms with Crippen molar-refractivity contribution in [1.82, 2.24) is 0 Å². The highest BCUT2D eigenvalue weighted by molar-refractivity contribution is 7.99. The molecule has 0 aliphatic carbocycles. The standard InChI is InChI=1S/C13H17ClO4S/c1-3-17-13(15)8-19-7-10-4-5-11(14)12(6-10)18-9-16-2/h4-6H,3,7-9H2,1-2H3. The molecular weight excluding hydrogens is 288 g/mol. The summed E-state index contributed by atoms with van der Waals surface area (Å²) in [6.45, 7) is 2.36. The Morgan fingerprint density at radius 3 is 2.89 bits per heavy atom. The number of ether oxygens (including phenoxy) is 3. The van der Waals surface area contributed by atoms with Gasteiger partial charge in [0.05, 0.1) is 17.4 Å². The first kappa shape index (κ1) is 16.1. The molecule has 1 aromatic carbocycles. The monoisotopic (exact) mass is 304 g/mol. The van der Waals surface area contributed by atoms with Gasteiger partial charge in [-0.2, -0.15) is 0 Å². The Morgan fingerprint density at radius 2 is 2.21 bits per heavy atom. The van der Waals surface area contributed by atoms with Gasteiger partial charge in [-0.3, -0.25) is 4.79 Å². The summed E-state index contributed by atoms with van der Waals surface area (Å²) in [6.07, 6.45) is 0. The molecule has 0 bridgehead atoms. The lowest BCUT2D eigenvalue weighted by atomic mass is 10.2. The molecule has 0 heterocycles. The van der Waals surface area contributed by atoms with E-state index in [1.807, 2.05) is 12.1 Å². The van der Waals surface area contributed by atoms with Gasteiger partial charge in [-0.05, 0) is 24.6 Å². The maximum Gasteiger partial charge on any atom is 0.315 e. The minimum Gasteiger partial charge on any atom is -0.466 e. The zero-order valence-electron chi connectivity index (χ0n) is 11.0. The third-order valence-electron chi connectivity index (χ3n) is 2.12. The molecule has 0 saturated carbocycles. The van der Waals surface area contributed by atoms with E-state index in [9.17, 15) is 4.79 Å². The highest BCUT2D eigenvalue weighted by Crippen LogP contribution is 2.27. The highest BCUT2D eigenvalue weighted by Gasteiger charge is 2.06. The molecule has 0 unspecified atom stereocenters. The van der Waals surface area contributed by atoms with Crippen molar-refractivity contribution in [2.24, 2.45) is 0 Å². The number of thioether (sulfide) groups is 1. The number of benzene rings is 1. The topological polar surface area (TPSA) is 44.8 Å². The Bertz CT molecular complexity index is 412. The van der Waals surface area contributed by atoms with E-state index in [1.165, 1.54) is 11.8 Å². The number of esters is 1. The molecule has 0 aromatic heterocycles. The van der Waals surface area contributed by atoms with Gasteiger partial charge in [0, 0.05) is 12.9 Å². The third-order valence-corrected chi connectivity index (χ3v) is 3.41. The Morgan fingerprint density at radius 1 is 1.42 bits per heavy atom. The molecule has 1 rings (SSSR count). The third kappa shape index (κ3) is 6.18. The maximum atomic E-state index is 11.2. The average molecular weight is 305 g/mol. The van der Waals surface area contributed by atoms with Crippen LogP contribution in [-0.2, 0) is 20.0 Å². The number of carbonyl (C=O) groups excluding carboxylic acids is 1. The number of hydrogen-bond donors (Lipinski definition) is 0. The van der Waals surface area contributed by atoms with E-state index in [2.05, 4.69) is 0 Å². The SMILES string of the molecule is CCOC(=O)CSCc1ccc(Cl)c(OCOC)c1. The molecule has 0 fully saturated rings. The van der Waals surface area contributed by atoms with E-state index < -0.39 is 0 Å². The molecule has 1 aromatic rings. The molecule has 106 valence electrons. The molecule has 0 saturated heterocycles. The van der Waals surface area contributed by atoms with Crippen LogP contribution in [-0.4, -0.2) is 32.2 Å². The fourth-order valence-corrected chi connectivity index (χ4v) is 2.26. The summed E-state index contributed by atoms with van der Waals surface area (Å²) in [6, 6.07) is 5.52. The van der Waals surface area contributed by atoms with Gasteiger partial charge in [-0.25, -0.2) is 0 Å². The van der Waals surface area contributed by atoms with Crippen molar-refractivity contribution in [1.29, 1.82) is 0 Å². The Kier molecular flexibility index (Phi) is 7.70. The highest BCUT2D eigenvalue weighted by atomic mass is 35.5. The predicted octanol–water partition coefficient (Wildman–Crippen LogP) is 3.12. The first-order chi connectivity index (χ1) is 9.17. The van der Waals surface area contributed by atoms with Crippen LogP contribution in [0, 0.1) is 0 Å². The minimum absolute atomic E-state index is 0.152. The Hall–Kier alpha value is -0.910. The molecule has 0 aliphatic heterocycles. The van der Waals surface area contributed by atoms with E-state index in [1.54, 1.807) is 20.1 Å². The summed E-state index contributed by atoms with van der Waals surface area (Å²) in [7, 11) is 1.55. The first-order valence-electron chi connectivity index (χ1n) is 5.81. The smallest absolute Gasteiger partial charge is 0.315 e. The lowest BCUT2D eigenvalue weighted by molar-refractivity contribution is -0.139. The van der Waals surface area contributed by atoms with Crippen LogP contribution in [0.3, 0.4) is 0 Å². The molecule has 4 nitrogen and oxygen atoms in total. The van der Waals surface area contributed by atoms with Crippen LogP contribution in [0.15, 0.2) is 18.2 Å². The molecule has 6 heteroatoms. The van der Waals surface area contributed by atoms with Gasteiger partial charge in [0.2, 0.25) is 0 Å². The van der Waals surface area contributed by atoms with E-state index >= 15 is 0 Å². The number of rotatable bonds is 8. The van der Waals surface area contributed by atoms with Gasteiger partial charge < -0.3 is 14.2 Å². The molecule has 0 radical (unpaired) electrons. The van der Waals surface area contributed by atoms with Crippen LogP contribution in [0.5, 0.6) is 5.75 Å². The molecule has 0 atom stereocenters. The fraction of sp³-hybridized carbons (Fsp3) is 0.462. The summed E-state index contributed by atoms with van der Waals surface area (Å²) in [5, 5.41) is 0.538. The average Bonchev–Trinajstić information content (AvgIpc) is 2.39. The van der Waals surface area contributed by atoms with Crippen LogP contribution < -0.4 is 4.74 Å². The van der Waals surface area contributed by atoms with Gasteiger partial charge in [0.15, 0.2) is 6.79 Å². The van der Waals surface area contributed by atoms with Crippen molar-refractivity contribution in [2.75, 3.05) is 26.3 Å². The van der Waals surface area contributed by atoms with Crippen LogP contribution in [0.25, 0.3) is 0 Å². The number of methoxy groups -OCH3 is 1. The van der Waals surface area contributed by atoms with E-state index in [4.69, 9.17) is 25.8 Å². The van der Waals surface area contributed by atoms with Gasteiger partial charge >= 0.3 is 5.97 Å². The summed E-state index contributed by atoms with van der Waals surface area (Å²) in [5.74, 6) is 1.42. The van der Waals surface area contributed by atoms with Gasteiger partial charge in [-0.1, -0.05) is 17.7 Å². The molecule has 0 N–H and O–H groups in total. The van der Waals surface area contributed by atoms with Crippen molar-refractivity contribution in [2.45, 2.75) is 12.7 Å². The van der Waals surface area contributed by atoms with E-state index in [0.29, 0.717) is 28.9 Å². The van der Waals surface area contributed by atoms with Crippen molar-refractivity contribution < 1.29 is 19.0 Å². The minimum atomic E-state index is -0.197. The van der Waals surface area contributed by atoms with Gasteiger partial charge in [0.25, 0.3) is 0 Å². The fourth-order valence-electron chi connectivity index (χ4n) is 1.33. The molecule has 19 heavy (non-hydrogen) atoms. The van der Waals surface area contributed by atoms with Crippen LogP contribution in [0.1, 0.15) is 12.5 Å². The van der Waals surface area contributed by atoms with Gasteiger partial charge in [0.1, 0.15) is 5.75 Å². The quantitative estimate of drug-likeness (QED) is 0.545. The Labute approximate surface area is 122 Å². The van der Waals surface area contributed by atoms with Crippen molar-refractivity contribution in [3.8, 4) is 5.75 Å². The van der Waals surface area contributed by atoms with Crippen molar-refractivity contribution >= 4 is 29.3 Å². The van der Waals surface area contributed by atoms with Crippen LogP contribution >= 0.6 is 23.4 Å². The summed E-state index contributed by atoms with van der Waals surface area (Å²) < 4.78 is 15.0. The zero-order chi connectivity index (χ0) is 14.1. The zero-order valence-corrected chi connectivity index (χ0v) is 12.6. The lowest BCUT2D eigenvalue weighted by Gasteiger charge is -2.09. The largest absolute Gasteiger partial charge is 0.466 e. The summed E-state index contributed by atoms with van der Waals surface area (Å²) in [4.78, 5) is 11.2. The number of hydrogen-bond acceptors (Lipinski definition) is 5. The number of halogens is 1. The van der Waals surface area contributed by atoms with E-state index in [-0.39, 0.29) is 12.8 Å². The summed E-state index contributed by atoms with van der Waals surface area (Å²) >= 11 is 7.48. The second kappa shape index (κ2) is 9.07. The van der Waals surface area contributed by atoms with Gasteiger partial charge in [-0.15, -0.1) is 11.8 Å². The molecule has 0 spiro atoms. The Balaban J connectivity index is 2.47. The molecule has 0 amide bonds. The van der Waals surface area contributed by atoms with Crippen molar-refractivity contribution in [3.63, 3.8) is 0 Å². The van der Waals surface area contributed by atoms with Crippen LogP contribution in [0.2, 0.25) is 5.02 Å². The maximum absolute atomic E-state index is 11.2. The normalized spacial score (nSPS) is 10.3. The van der Waals surface area contributed by atoms with E-state index in [0.717, 1.165) is 5.56 Å². The molecular formula is C13H17ClO4S. The second-order valence-electron chi connectivity index (χ2n) is 3.61. The van der Waals surface area contributed by atoms with Crippen LogP contribution in [0.4, 0.5) is 0 Å². The predicted molar refractivity (Wildman–Crippen MR) is 76.8 cm³/mol. The van der Waals surface area contributed by atoms with Crippen molar-refractivity contribution in [3.05, 3.63) is 28.8 Å². The summed E-state index contributed by atoms with van der Waals surface area (Å²) in [5.41, 5.74) is 1.03. The molecule has 0 aliphatic rings. The first-order valence-corrected chi connectivity index (χ1v) is 7.34. The number of carbonyl (C=O) groups is 1. The second-order valence-corrected chi connectivity index (χ2v) is 5.01. The lowest BCUT2D eigenvalue weighted by Crippen LogP contribution is -2.06.